The number of rotatable bonds is 3. The predicted molar refractivity (Wildman–Crippen MR) is 90.0 cm³/mol. The van der Waals surface area contributed by atoms with Crippen LogP contribution < -0.4 is 10.2 Å². The van der Waals surface area contributed by atoms with Crippen molar-refractivity contribution in [2.45, 2.75) is 19.9 Å². The number of amides is 1. The summed E-state index contributed by atoms with van der Waals surface area (Å²) in [5.41, 5.74) is 0.690. The Hall–Kier alpha value is -2.32. The van der Waals surface area contributed by atoms with Crippen molar-refractivity contribution in [2.24, 2.45) is 0 Å². The van der Waals surface area contributed by atoms with Crippen LogP contribution in [0.2, 0.25) is 5.28 Å². The van der Waals surface area contributed by atoms with Crippen molar-refractivity contribution in [3.05, 3.63) is 23.6 Å². The smallest absolute Gasteiger partial charge is 0.230 e. The van der Waals surface area contributed by atoms with Gasteiger partial charge < -0.3 is 15.0 Å². The lowest BCUT2D eigenvalue weighted by Crippen LogP contribution is -2.44. The Kier molecular flexibility index (Phi) is 4.86. The number of ether oxygens (including phenoxy) is 1. The van der Waals surface area contributed by atoms with Gasteiger partial charge in [-0.05, 0) is 30.7 Å². The summed E-state index contributed by atoms with van der Waals surface area (Å²) < 4.78 is 5.43. The largest absolute Gasteiger partial charge is 0.377 e. The molecule has 1 N–H and O–H groups in total. The second-order valence-corrected chi connectivity index (χ2v) is 5.80. The topological polar surface area (TPSA) is 93.1 Å². The Morgan fingerprint density at radius 1 is 1.38 bits per heavy atom. The third-order valence-corrected chi connectivity index (χ3v) is 3.72. The first-order valence-electron chi connectivity index (χ1n) is 7.53. The summed E-state index contributed by atoms with van der Waals surface area (Å²) in [6.07, 6.45) is 1.59. The number of hydrogen-bond acceptors (Lipinski definition) is 7. The molecule has 0 radical (unpaired) electrons. The maximum atomic E-state index is 11.0. The van der Waals surface area contributed by atoms with Gasteiger partial charge in [0.25, 0.3) is 0 Å². The number of carbonyl (C=O) groups excluding carboxylic acids is 1. The van der Waals surface area contributed by atoms with Crippen molar-refractivity contribution < 1.29 is 9.53 Å². The lowest BCUT2D eigenvalue weighted by Gasteiger charge is -2.33. The second kappa shape index (κ2) is 7.06. The van der Waals surface area contributed by atoms with Gasteiger partial charge in [-0.1, -0.05) is 0 Å². The van der Waals surface area contributed by atoms with E-state index in [1.807, 2.05) is 11.8 Å². The van der Waals surface area contributed by atoms with E-state index in [-0.39, 0.29) is 17.2 Å². The predicted octanol–water partition coefficient (Wildman–Crippen LogP) is 1.77. The minimum atomic E-state index is -0.179. The monoisotopic (exact) mass is 348 g/mol. The van der Waals surface area contributed by atoms with Gasteiger partial charge in [-0.15, -0.1) is 0 Å². The molecular formula is C15H17ClN6O2. The molecule has 0 bridgehead atoms. The minimum Gasteiger partial charge on any atom is -0.377 e. The number of carbonyl (C=O) groups is 1. The standard InChI is InChI=1S/C15H17ClN6O2/c1-9-8-24-6-5-22(9)15-20-13(19-14(16)21-15)11-3-4-12(17-7-11)18-10(2)23/h3-4,7,9H,5-6,8H2,1-2H3,(H,17,18,23). The van der Waals surface area contributed by atoms with E-state index in [9.17, 15) is 4.79 Å². The zero-order chi connectivity index (χ0) is 17.1. The Labute approximate surface area is 144 Å². The van der Waals surface area contributed by atoms with Crippen LogP contribution in [0, 0.1) is 0 Å². The molecule has 2 aromatic rings. The van der Waals surface area contributed by atoms with Crippen LogP contribution in [0.3, 0.4) is 0 Å². The maximum absolute atomic E-state index is 11.0. The number of morpholine rings is 1. The molecule has 3 rings (SSSR count). The van der Waals surface area contributed by atoms with Gasteiger partial charge in [0.2, 0.25) is 17.1 Å². The highest BCUT2D eigenvalue weighted by molar-refractivity contribution is 6.28. The van der Waals surface area contributed by atoms with E-state index in [1.54, 1.807) is 18.3 Å². The van der Waals surface area contributed by atoms with E-state index in [4.69, 9.17) is 16.3 Å². The fraction of sp³-hybridized carbons (Fsp3) is 0.400. The van der Waals surface area contributed by atoms with E-state index < -0.39 is 0 Å². The minimum absolute atomic E-state index is 0.125. The van der Waals surface area contributed by atoms with E-state index >= 15 is 0 Å². The van der Waals surface area contributed by atoms with Crippen molar-refractivity contribution in [2.75, 3.05) is 30.0 Å². The SMILES string of the molecule is CC(=O)Nc1ccc(-c2nc(Cl)nc(N3CCOCC3C)n2)cn1. The number of pyridine rings is 1. The Bertz CT molecular complexity index is 739. The highest BCUT2D eigenvalue weighted by Crippen LogP contribution is 2.22. The Balaban J connectivity index is 1.89. The quantitative estimate of drug-likeness (QED) is 0.903. The van der Waals surface area contributed by atoms with Crippen molar-refractivity contribution in [3.63, 3.8) is 0 Å². The van der Waals surface area contributed by atoms with Gasteiger partial charge in [0.15, 0.2) is 5.82 Å². The van der Waals surface area contributed by atoms with Gasteiger partial charge in [-0.3, -0.25) is 4.79 Å². The number of aromatic nitrogens is 4. The highest BCUT2D eigenvalue weighted by Gasteiger charge is 2.22. The molecule has 3 heterocycles. The third kappa shape index (κ3) is 3.77. The molecule has 1 fully saturated rings. The van der Waals surface area contributed by atoms with Crippen LogP contribution in [0.25, 0.3) is 11.4 Å². The normalized spacial score (nSPS) is 17.6. The van der Waals surface area contributed by atoms with Crippen LogP contribution in [0.15, 0.2) is 18.3 Å². The molecule has 1 atom stereocenters. The van der Waals surface area contributed by atoms with Crippen LogP contribution in [0.4, 0.5) is 11.8 Å². The summed E-state index contributed by atoms with van der Waals surface area (Å²) in [7, 11) is 0. The lowest BCUT2D eigenvalue weighted by molar-refractivity contribution is -0.114. The van der Waals surface area contributed by atoms with Crippen LogP contribution >= 0.6 is 11.6 Å². The molecule has 0 saturated carbocycles. The molecule has 9 heteroatoms. The fourth-order valence-corrected chi connectivity index (χ4v) is 2.56. The van der Waals surface area contributed by atoms with Crippen LogP contribution in [-0.2, 0) is 9.53 Å². The lowest BCUT2D eigenvalue weighted by atomic mass is 10.2. The molecule has 0 spiro atoms. The van der Waals surface area contributed by atoms with E-state index in [1.165, 1.54) is 6.92 Å². The number of nitrogens with one attached hydrogen (secondary N) is 1. The number of hydrogen-bond donors (Lipinski definition) is 1. The molecule has 0 aromatic carbocycles. The molecule has 24 heavy (non-hydrogen) atoms. The average molecular weight is 349 g/mol. The zero-order valence-corrected chi connectivity index (χ0v) is 14.1. The van der Waals surface area contributed by atoms with Gasteiger partial charge in [0.1, 0.15) is 5.82 Å². The first kappa shape index (κ1) is 16.5. The van der Waals surface area contributed by atoms with Gasteiger partial charge >= 0.3 is 0 Å². The molecular weight excluding hydrogens is 332 g/mol. The second-order valence-electron chi connectivity index (χ2n) is 5.46. The van der Waals surface area contributed by atoms with E-state index in [0.717, 1.165) is 0 Å². The van der Waals surface area contributed by atoms with Crippen molar-refractivity contribution >= 4 is 29.3 Å². The summed E-state index contributed by atoms with van der Waals surface area (Å²) >= 11 is 6.07. The number of anilines is 2. The molecule has 126 valence electrons. The summed E-state index contributed by atoms with van der Waals surface area (Å²) in [6.45, 7) is 5.40. The van der Waals surface area contributed by atoms with E-state index in [0.29, 0.717) is 42.9 Å². The van der Waals surface area contributed by atoms with Gasteiger partial charge in [0.05, 0.1) is 19.3 Å². The molecule has 0 aliphatic carbocycles. The van der Waals surface area contributed by atoms with Gasteiger partial charge in [-0.2, -0.15) is 15.0 Å². The number of nitrogens with zero attached hydrogens (tertiary/aromatic N) is 5. The third-order valence-electron chi connectivity index (χ3n) is 3.55. The van der Waals surface area contributed by atoms with Crippen molar-refractivity contribution in [1.29, 1.82) is 0 Å². The Morgan fingerprint density at radius 2 is 2.21 bits per heavy atom. The average Bonchev–Trinajstić information content (AvgIpc) is 2.55. The first-order valence-corrected chi connectivity index (χ1v) is 7.90. The molecule has 1 saturated heterocycles. The molecule has 2 aromatic heterocycles. The summed E-state index contributed by atoms with van der Waals surface area (Å²) in [5, 5.41) is 2.74. The molecule has 8 nitrogen and oxygen atoms in total. The number of halogens is 1. The fourth-order valence-electron chi connectivity index (χ4n) is 2.40. The van der Waals surface area contributed by atoms with Gasteiger partial charge in [-0.25, -0.2) is 4.98 Å². The van der Waals surface area contributed by atoms with Crippen LogP contribution in [0.5, 0.6) is 0 Å². The molecule has 1 unspecified atom stereocenters. The zero-order valence-electron chi connectivity index (χ0n) is 13.4. The van der Waals surface area contributed by atoms with E-state index in [2.05, 4.69) is 25.3 Å². The van der Waals surface area contributed by atoms with Crippen LogP contribution in [-0.4, -0.2) is 51.6 Å². The first-order chi connectivity index (χ1) is 11.5. The van der Waals surface area contributed by atoms with Crippen LogP contribution in [0.1, 0.15) is 13.8 Å². The molecule has 1 aliphatic rings. The summed E-state index contributed by atoms with van der Waals surface area (Å²) in [5.74, 6) is 1.24. The Morgan fingerprint density at radius 3 is 2.88 bits per heavy atom. The van der Waals surface area contributed by atoms with Gasteiger partial charge in [0, 0.05) is 25.2 Å². The summed E-state index contributed by atoms with van der Waals surface area (Å²) in [4.78, 5) is 30.2. The summed E-state index contributed by atoms with van der Waals surface area (Å²) in [6, 6.07) is 3.62. The maximum Gasteiger partial charge on any atom is 0.230 e. The highest BCUT2D eigenvalue weighted by atomic mass is 35.5. The van der Waals surface area contributed by atoms with Crippen molar-refractivity contribution in [1.82, 2.24) is 19.9 Å². The molecule has 1 aliphatic heterocycles. The van der Waals surface area contributed by atoms with Crippen molar-refractivity contribution in [3.8, 4) is 11.4 Å². The molecule has 1 amide bonds.